The molecule has 0 fully saturated rings. The lowest BCUT2D eigenvalue weighted by Gasteiger charge is -2.41. The molecule has 6 aliphatic rings. The van der Waals surface area contributed by atoms with E-state index >= 15 is 0 Å². The summed E-state index contributed by atoms with van der Waals surface area (Å²) in [5, 5.41) is 7.33. The normalized spacial score (nSPS) is 33.7. The van der Waals surface area contributed by atoms with Crippen LogP contribution in [0.3, 0.4) is 0 Å². The summed E-state index contributed by atoms with van der Waals surface area (Å²) in [4.78, 5) is 0. The van der Waals surface area contributed by atoms with Gasteiger partial charge in [0.15, 0.2) is 0 Å². The van der Waals surface area contributed by atoms with E-state index in [0.29, 0.717) is 35.5 Å². The lowest BCUT2D eigenvalue weighted by molar-refractivity contribution is 0.378. The molecule has 0 amide bonds. The predicted molar refractivity (Wildman–Crippen MR) is 185 cm³/mol. The standard InChI is InChI=1S/C42H51N/c1-3-30-14-7-8-16-35(30)34(4-2)32-21-23-33(24-22-32)37-27-28-42(40-20-12-11-19-39(37)40)41-26-25-31(15-6-5-13-29-43)36-17-9-10-18-38(36)41/h4,6,8-12,15-21,25-26,29-31,33,35-36,40,42-43H,3,5,7,13-14,22-24,27-28H2,1-2H3/b15-6+,34-4-,43-29?. The molecule has 0 bridgehead atoms. The fraction of sp³-hybridized carbons (Fsp3) is 0.452. The van der Waals surface area contributed by atoms with E-state index in [9.17, 15) is 0 Å². The van der Waals surface area contributed by atoms with Crippen molar-refractivity contribution >= 4 is 6.21 Å². The first-order chi connectivity index (χ1) is 21.2. The number of fused-ring (bicyclic) bond motifs is 2. The van der Waals surface area contributed by atoms with Gasteiger partial charge >= 0.3 is 0 Å². The summed E-state index contributed by atoms with van der Waals surface area (Å²) in [5.41, 5.74) is 9.70. The fourth-order valence-electron chi connectivity index (χ4n) is 8.93. The van der Waals surface area contributed by atoms with Crippen LogP contribution >= 0.6 is 0 Å². The van der Waals surface area contributed by atoms with Crippen LogP contribution in [0.1, 0.15) is 78.1 Å². The van der Waals surface area contributed by atoms with Gasteiger partial charge in [0.1, 0.15) is 0 Å². The van der Waals surface area contributed by atoms with Gasteiger partial charge in [0.2, 0.25) is 0 Å². The van der Waals surface area contributed by atoms with Crippen LogP contribution in [0.15, 0.2) is 131 Å². The first-order valence-electron chi connectivity index (χ1n) is 17.3. The number of unbranched alkanes of at least 4 members (excludes halogenated alkanes) is 1. The van der Waals surface area contributed by atoms with Crippen LogP contribution in [0.4, 0.5) is 0 Å². The van der Waals surface area contributed by atoms with Gasteiger partial charge in [-0.1, -0.05) is 116 Å². The van der Waals surface area contributed by atoms with Crippen LogP contribution in [0.5, 0.6) is 0 Å². The summed E-state index contributed by atoms with van der Waals surface area (Å²) in [5.74, 6) is 3.95. The highest BCUT2D eigenvalue weighted by atomic mass is 14.4. The molecule has 0 heterocycles. The third-order valence-corrected chi connectivity index (χ3v) is 11.2. The van der Waals surface area contributed by atoms with Crippen LogP contribution in [-0.4, -0.2) is 6.21 Å². The van der Waals surface area contributed by atoms with Gasteiger partial charge in [-0.2, -0.15) is 0 Å². The van der Waals surface area contributed by atoms with Crippen LogP contribution in [0.2, 0.25) is 0 Å². The fourth-order valence-corrected chi connectivity index (χ4v) is 8.93. The van der Waals surface area contributed by atoms with Gasteiger partial charge in [-0.25, -0.2) is 0 Å². The van der Waals surface area contributed by atoms with Gasteiger partial charge in [0.25, 0.3) is 0 Å². The summed E-state index contributed by atoms with van der Waals surface area (Å²) in [6.07, 6.45) is 51.7. The Kier molecular flexibility index (Phi) is 9.77. The Balaban J connectivity index is 1.22. The Morgan fingerprint density at radius 2 is 1.70 bits per heavy atom. The second-order valence-corrected chi connectivity index (χ2v) is 13.4. The first kappa shape index (κ1) is 29.9. The van der Waals surface area contributed by atoms with Gasteiger partial charge in [-0.3, -0.25) is 0 Å². The molecule has 6 aliphatic carbocycles. The highest BCUT2D eigenvalue weighted by Gasteiger charge is 2.37. The minimum absolute atomic E-state index is 0.406. The summed E-state index contributed by atoms with van der Waals surface area (Å²) in [6, 6.07) is 0. The van der Waals surface area contributed by atoms with Crippen molar-refractivity contribution in [3.63, 3.8) is 0 Å². The van der Waals surface area contributed by atoms with Crippen molar-refractivity contribution < 1.29 is 0 Å². The maximum Gasteiger partial charge on any atom is 0.0122 e. The van der Waals surface area contributed by atoms with Crippen molar-refractivity contribution in [3.8, 4) is 0 Å². The van der Waals surface area contributed by atoms with Crippen LogP contribution < -0.4 is 0 Å². The molecule has 1 N–H and O–H groups in total. The Morgan fingerprint density at radius 1 is 0.860 bits per heavy atom. The first-order valence-corrected chi connectivity index (χ1v) is 17.3. The second-order valence-electron chi connectivity index (χ2n) is 13.4. The summed E-state index contributed by atoms with van der Waals surface area (Å²) < 4.78 is 0. The molecule has 1 nitrogen and oxygen atoms in total. The van der Waals surface area contributed by atoms with Crippen molar-refractivity contribution in [2.75, 3.05) is 0 Å². The largest absolute Gasteiger partial charge is 0.313 e. The topological polar surface area (TPSA) is 23.9 Å². The molecule has 224 valence electrons. The van der Waals surface area contributed by atoms with Crippen LogP contribution in [0, 0.1) is 46.8 Å². The monoisotopic (exact) mass is 569 g/mol. The molecule has 0 aromatic heterocycles. The molecule has 0 aromatic rings. The lowest BCUT2D eigenvalue weighted by atomic mass is 9.63. The Labute approximate surface area is 261 Å². The lowest BCUT2D eigenvalue weighted by Crippen LogP contribution is -2.29. The number of allylic oxidation sites excluding steroid dienone is 22. The van der Waals surface area contributed by atoms with Gasteiger partial charge in [0.05, 0.1) is 0 Å². The van der Waals surface area contributed by atoms with E-state index in [0.717, 1.165) is 18.8 Å². The van der Waals surface area contributed by atoms with Crippen LogP contribution in [0.25, 0.3) is 0 Å². The summed E-state index contributed by atoms with van der Waals surface area (Å²) in [7, 11) is 0. The summed E-state index contributed by atoms with van der Waals surface area (Å²) in [6.45, 7) is 4.64. The molecule has 0 saturated carbocycles. The zero-order valence-electron chi connectivity index (χ0n) is 26.4. The summed E-state index contributed by atoms with van der Waals surface area (Å²) >= 11 is 0. The van der Waals surface area contributed by atoms with Gasteiger partial charge in [-0.15, -0.1) is 0 Å². The van der Waals surface area contributed by atoms with E-state index < -0.39 is 0 Å². The number of hydrogen-bond donors (Lipinski definition) is 1. The highest BCUT2D eigenvalue weighted by Crippen LogP contribution is 2.50. The third-order valence-electron chi connectivity index (χ3n) is 11.2. The van der Waals surface area contributed by atoms with Gasteiger partial charge in [-0.05, 0) is 117 Å². The van der Waals surface area contributed by atoms with E-state index in [-0.39, 0.29) is 0 Å². The van der Waals surface area contributed by atoms with E-state index in [2.05, 4.69) is 111 Å². The maximum atomic E-state index is 7.33. The van der Waals surface area contributed by atoms with Crippen molar-refractivity contribution in [1.29, 1.82) is 5.41 Å². The zero-order chi connectivity index (χ0) is 29.6. The minimum atomic E-state index is 0.406. The number of rotatable bonds is 9. The predicted octanol–water partition coefficient (Wildman–Crippen LogP) is 11.3. The molecule has 43 heavy (non-hydrogen) atoms. The average Bonchev–Trinajstić information content (AvgIpc) is 3.07. The molecule has 0 aromatic carbocycles. The molecule has 0 saturated heterocycles. The van der Waals surface area contributed by atoms with Crippen LogP contribution in [-0.2, 0) is 0 Å². The molecule has 6 rings (SSSR count). The average molecular weight is 570 g/mol. The highest BCUT2D eigenvalue weighted by molar-refractivity contribution is 5.53. The van der Waals surface area contributed by atoms with E-state index in [1.165, 1.54) is 63.2 Å². The molecule has 7 atom stereocenters. The quantitative estimate of drug-likeness (QED) is 0.162. The molecule has 1 heteroatoms. The van der Waals surface area contributed by atoms with Gasteiger partial charge in [0, 0.05) is 23.7 Å². The van der Waals surface area contributed by atoms with Gasteiger partial charge < -0.3 is 5.41 Å². The molecule has 7 unspecified atom stereocenters. The van der Waals surface area contributed by atoms with Crippen molar-refractivity contribution in [1.82, 2.24) is 0 Å². The number of hydrogen-bond acceptors (Lipinski definition) is 1. The third kappa shape index (κ3) is 6.24. The maximum absolute atomic E-state index is 7.33. The minimum Gasteiger partial charge on any atom is -0.313 e. The Morgan fingerprint density at radius 3 is 2.47 bits per heavy atom. The molecule has 0 aliphatic heterocycles. The van der Waals surface area contributed by atoms with Crippen molar-refractivity contribution in [3.05, 3.63) is 131 Å². The SMILES string of the molecule is C/C=C(/C1=CCC(C2=C3C=CC=CC3C(C3=C4C=CC=CC4C(/C=C/CCC=N)C=C3)CC2)CC1)C1C=CCCC1CC. The molecular weight excluding hydrogens is 518 g/mol. The van der Waals surface area contributed by atoms with E-state index in [4.69, 9.17) is 5.41 Å². The van der Waals surface area contributed by atoms with Crippen molar-refractivity contribution in [2.24, 2.45) is 41.4 Å². The second kappa shape index (κ2) is 14.1. The number of nitrogens with one attached hydrogen (secondary N) is 1. The van der Waals surface area contributed by atoms with E-state index in [1.54, 1.807) is 27.9 Å². The zero-order valence-corrected chi connectivity index (χ0v) is 26.4. The Hall–Kier alpha value is -3.19. The molecule has 0 radical (unpaired) electrons. The van der Waals surface area contributed by atoms with E-state index in [1.807, 2.05) is 0 Å². The molecule has 0 spiro atoms. The molecular formula is C42H51N. The smallest absolute Gasteiger partial charge is 0.0122 e. The van der Waals surface area contributed by atoms with Crippen molar-refractivity contribution in [2.45, 2.75) is 78.1 Å². The Bertz CT molecular complexity index is 1390.